The molecule has 0 radical (unpaired) electrons. The van der Waals surface area contributed by atoms with Crippen LogP contribution in [0.15, 0.2) is 6.20 Å². The predicted octanol–water partition coefficient (Wildman–Crippen LogP) is 1.81. The Bertz CT molecular complexity index is 488. The van der Waals surface area contributed by atoms with Gasteiger partial charge in [0, 0.05) is 13.1 Å². The van der Waals surface area contributed by atoms with Gasteiger partial charge in [-0.2, -0.15) is 18.3 Å². The van der Waals surface area contributed by atoms with Crippen molar-refractivity contribution in [3.05, 3.63) is 11.9 Å². The van der Waals surface area contributed by atoms with Crippen LogP contribution >= 0.6 is 0 Å². The maximum absolute atomic E-state index is 12.7. The highest BCUT2D eigenvalue weighted by Crippen LogP contribution is 2.37. The fourth-order valence-corrected chi connectivity index (χ4v) is 2.28. The first kappa shape index (κ1) is 14.7. The molecule has 1 amide bonds. The van der Waals surface area contributed by atoms with Crippen molar-refractivity contribution in [3.8, 4) is 0 Å². The topological polar surface area (TPSA) is 64.2 Å². The van der Waals surface area contributed by atoms with Gasteiger partial charge < -0.3 is 10.6 Å². The monoisotopic (exact) mass is 290 g/mol. The molecular formula is C12H17F3N4O. The van der Waals surface area contributed by atoms with Crippen LogP contribution in [0.25, 0.3) is 0 Å². The fraction of sp³-hybridized carbons (Fsp3) is 0.667. The Morgan fingerprint density at radius 3 is 2.60 bits per heavy atom. The second-order valence-corrected chi connectivity index (χ2v) is 5.20. The fourth-order valence-electron chi connectivity index (χ4n) is 2.28. The van der Waals surface area contributed by atoms with Crippen LogP contribution in [0.5, 0.6) is 0 Å². The Morgan fingerprint density at radius 1 is 1.60 bits per heavy atom. The van der Waals surface area contributed by atoms with Crippen LogP contribution in [-0.2, 0) is 7.05 Å². The molecule has 1 atom stereocenters. The van der Waals surface area contributed by atoms with Crippen LogP contribution in [0.4, 0.5) is 18.9 Å². The summed E-state index contributed by atoms with van der Waals surface area (Å²) in [4.78, 5) is 13.2. The van der Waals surface area contributed by atoms with E-state index < -0.39 is 24.7 Å². The summed E-state index contributed by atoms with van der Waals surface area (Å²) in [6.45, 7) is 0.377. The molecule has 1 aromatic heterocycles. The summed E-state index contributed by atoms with van der Waals surface area (Å²) < 4.78 is 39.3. The van der Waals surface area contributed by atoms with Gasteiger partial charge in [0.1, 0.15) is 12.2 Å². The summed E-state index contributed by atoms with van der Waals surface area (Å²) in [7, 11) is 1.48. The number of alkyl halides is 3. The Balaban J connectivity index is 2.28. The number of nitrogen functional groups attached to an aromatic ring is 1. The molecule has 2 N–H and O–H groups in total. The molecule has 8 heteroatoms. The van der Waals surface area contributed by atoms with Crippen molar-refractivity contribution < 1.29 is 18.0 Å². The van der Waals surface area contributed by atoms with Gasteiger partial charge in [-0.1, -0.05) is 0 Å². The molecular weight excluding hydrogens is 273 g/mol. The molecule has 0 aromatic carbocycles. The molecule has 1 heterocycles. The number of nitrogens with two attached hydrogens (primary N) is 1. The predicted molar refractivity (Wildman–Crippen MR) is 66.9 cm³/mol. The van der Waals surface area contributed by atoms with Gasteiger partial charge in [0.25, 0.3) is 5.91 Å². The van der Waals surface area contributed by atoms with Gasteiger partial charge in [0.2, 0.25) is 0 Å². The van der Waals surface area contributed by atoms with Gasteiger partial charge in [-0.05, 0) is 25.7 Å². The average molecular weight is 290 g/mol. The van der Waals surface area contributed by atoms with Gasteiger partial charge in [0.05, 0.1) is 11.9 Å². The average Bonchev–Trinajstić information content (AvgIpc) is 3.11. The van der Waals surface area contributed by atoms with Crippen LogP contribution in [-0.4, -0.2) is 39.4 Å². The molecule has 112 valence electrons. The van der Waals surface area contributed by atoms with E-state index in [1.807, 2.05) is 0 Å². The number of amides is 1. The zero-order chi connectivity index (χ0) is 15.1. The highest BCUT2D eigenvalue weighted by Gasteiger charge is 2.41. The molecule has 0 bridgehead atoms. The minimum atomic E-state index is -4.44. The van der Waals surface area contributed by atoms with E-state index in [0.717, 1.165) is 17.7 Å². The van der Waals surface area contributed by atoms with E-state index in [4.69, 9.17) is 5.73 Å². The molecule has 1 saturated carbocycles. The zero-order valence-corrected chi connectivity index (χ0v) is 11.3. The molecule has 0 aliphatic heterocycles. The van der Waals surface area contributed by atoms with E-state index in [9.17, 15) is 18.0 Å². The SMILES string of the molecule is CC(C1CC1)N(CC(F)(F)F)C(=O)c1c(N)cnn1C. The molecule has 20 heavy (non-hydrogen) atoms. The quantitative estimate of drug-likeness (QED) is 0.919. The number of halogens is 3. The lowest BCUT2D eigenvalue weighted by Crippen LogP contribution is -2.46. The number of aromatic nitrogens is 2. The molecule has 1 aromatic rings. The minimum Gasteiger partial charge on any atom is -0.396 e. The van der Waals surface area contributed by atoms with E-state index in [-0.39, 0.29) is 17.3 Å². The normalized spacial score (nSPS) is 17.1. The number of carbonyl (C=O) groups excluding carboxylic acids is 1. The van der Waals surface area contributed by atoms with Gasteiger partial charge in [0.15, 0.2) is 0 Å². The second kappa shape index (κ2) is 4.99. The number of hydrogen-bond donors (Lipinski definition) is 1. The number of anilines is 1. The molecule has 5 nitrogen and oxygen atoms in total. The Kier molecular flexibility index (Phi) is 3.66. The smallest absolute Gasteiger partial charge is 0.396 e. The maximum Gasteiger partial charge on any atom is 0.406 e. The third-order valence-electron chi connectivity index (χ3n) is 3.58. The highest BCUT2D eigenvalue weighted by molar-refractivity contribution is 5.97. The summed E-state index contributed by atoms with van der Waals surface area (Å²) in [6, 6.07) is -0.460. The summed E-state index contributed by atoms with van der Waals surface area (Å²) in [6.07, 6.45) is -1.47. The number of carbonyl (C=O) groups is 1. The van der Waals surface area contributed by atoms with Crippen LogP contribution in [0.1, 0.15) is 30.3 Å². The van der Waals surface area contributed by atoms with Crippen molar-refractivity contribution in [2.75, 3.05) is 12.3 Å². The molecule has 0 saturated heterocycles. The van der Waals surface area contributed by atoms with Crippen LogP contribution < -0.4 is 5.73 Å². The number of rotatable bonds is 4. The van der Waals surface area contributed by atoms with E-state index in [1.165, 1.54) is 17.9 Å². The lowest BCUT2D eigenvalue weighted by molar-refractivity contribution is -0.144. The van der Waals surface area contributed by atoms with Gasteiger partial charge in [-0.15, -0.1) is 0 Å². The lowest BCUT2D eigenvalue weighted by Gasteiger charge is -2.30. The zero-order valence-electron chi connectivity index (χ0n) is 11.3. The van der Waals surface area contributed by atoms with Crippen molar-refractivity contribution in [3.63, 3.8) is 0 Å². The summed E-state index contributed by atoms with van der Waals surface area (Å²) in [5.74, 6) is -0.588. The first-order valence-electron chi connectivity index (χ1n) is 6.36. The first-order valence-corrected chi connectivity index (χ1v) is 6.36. The maximum atomic E-state index is 12.7. The Hall–Kier alpha value is -1.73. The Labute approximate surface area is 114 Å². The highest BCUT2D eigenvalue weighted by atomic mass is 19.4. The van der Waals surface area contributed by atoms with Crippen LogP contribution in [0.3, 0.4) is 0 Å². The van der Waals surface area contributed by atoms with E-state index in [1.54, 1.807) is 6.92 Å². The van der Waals surface area contributed by atoms with E-state index in [2.05, 4.69) is 5.10 Å². The lowest BCUT2D eigenvalue weighted by atomic mass is 10.1. The summed E-state index contributed by atoms with van der Waals surface area (Å²) >= 11 is 0. The van der Waals surface area contributed by atoms with Crippen molar-refractivity contribution in [1.82, 2.24) is 14.7 Å². The number of aryl methyl sites for hydroxylation is 1. The number of nitrogens with zero attached hydrogens (tertiary/aromatic N) is 3. The van der Waals surface area contributed by atoms with E-state index in [0.29, 0.717) is 0 Å². The van der Waals surface area contributed by atoms with Gasteiger partial charge in [-0.25, -0.2) is 0 Å². The molecule has 1 aliphatic rings. The molecule has 1 aliphatic carbocycles. The molecule has 1 fully saturated rings. The third kappa shape index (κ3) is 3.05. The minimum absolute atomic E-state index is 0.00162. The largest absolute Gasteiger partial charge is 0.406 e. The summed E-state index contributed by atoms with van der Waals surface area (Å²) in [5.41, 5.74) is 5.72. The van der Waals surface area contributed by atoms with Gasteiger partial charge in [-0.3, -0.25) is 9.48 Å². The van der Waals surface area contributed by atoms with Crippen molar-refractivity contribution in [1.29, 1.82) is 0 Å². The first-order chi connectivity index (χ1) is 9.20. The van der Waals surface area contributed by atoms with Crippen molar-refractivity contribution in [2.45, 2.75) is 32.0 Å². The van der Waals surface area contributed by atoms with Gasteiger partial charge >= 0.3 is 6.18 Å². The number of hydrogen-bond acceptors (Lipinski definition) is 3. The third-order valence-corrected chi connectivity index (χ3v) is 3.58. The second-order valence-electron chi connectivity index (χ2n) is 5.20. The van der Waals surface area contributed by atoms with Crippen molar-refractivity contribution in [2.24, 2.45) is 13.0 Å². The van der Waals surface area contributed by atoms with E-state index >= 15 is 0 Å². The van der Waals surface area contributed by atoms with Crippen molar-refractivity contribution >= 4 is 11.6 Å². The standard InChI is InChI=1S/C12H17F3N4O/c1-7(8-3-4-8)19(6-12(13,14)15)11(20)10-9(16)5-17-18(10)2/h5,7-8H,3-4,6,16H2,1-2H3. The van der Waals surface area contributed by atoms with Crippen LogP contribution in [0.2, 0.25) is 0 Å². The summed E-state index contributed by atoms with van der Waals surface area (Å²) in [5, 5.41) is 3.80. The molecule has 0 spiro atoms. The Morgan fingerprint density at radius 2 is 2.20 bits per heavy atom. The molecule has 2 rings (SSSR count). The molecule has 1 unspecified atom stereocenters. The van der Waals surface area contributed by atoms with Crippen LogP contribution in [0, 0.1) is 5.92 Å².